The van der Waals surface area contributed by atoms with Crippen molar-refractivity contribution >= 4 is 40.8 Å². The van der Waals surface area contributed by atoms with E-state index in [4.69, 9.17) is 21.1 Å². The molecule has 3 aromatic carbocycles. The van der Waals surface area contributed by atoms with Crippen molar-refractivity contribution in [1.82, 2.24) is 0 Å². The molecule has 0 aliphatic heterocycles. The molecule has 0 bridgehead atoms. The van der Waals surface area contributed by atoms with Gasteiger partial charge in [-0.15, -0.1) is 0 Å². The highest BCUT2D eigenvalue weighted by Crippen LogP contribution is 2.24. The Morgan fingerprint density at radius 3 is 1.89 bits per heavy atom. The normalized spacial score (nSPS) is 10.3. The summed E-state index contributed by atoms with van der Waals surface area (Å²) < 4.78 is 10.7. The van der Waals surface area contributed by atoms with Crippen LogP contribution in [0.3, 0.4) is 0 Å². The molecule has 7 nitrogen and oxygen atoms in total. The van der Waals surface area contributed by atoms with E-state index in [1.165, 1.54) is 5.56 Å². The van der Waals surface area contributed by atoms with Crippen molar-refractivity contribution in [2.45, 2.75) is 32.6 Å². The van der Waals surface area contributed by atoms with Gasteiger partial charge in [-0.1, -0.05) is 30.7 Å². The number of aryl methyl sites for hydroxylation is 1. The summed E-state index contributed by atoms with van der Waals surface area (Å²) in [6.45, 7) is 1.68. The Morgan fingerprint density at radius 1 is 0.743 bits per heavy atom. The molecule has 2 N–H and O–H groups in total. The second-order valence-electron chi connectivity index (χ2n) is 7.74. The molecule has 0 aromatic heterocycles. The highest BCUT2D eigenvalue weighted by atomic mass is 35.5. The van der Waals surface area contributed by atoms with E-state index in [0.29, 0.717) is 34.3 Å². The third-order valence-corrected chi connectivity index (χ3v) is 5.23. The van der Waals surface area contributed by atoms with Crippen LogP contribution in [0.15, 0.2) is 72.8 Å². The molecule has 0 fully saturated rings. The van der Waals surface area contributed by atoms with E-state index >= 15 is 0 Å². The number of carbonyl (C=O) groups is 3. The third kappa shape index (κ3) is 9.14. The van der Waals surface area contributed by atoms with Crippen LogP contribution in [0.2, 0.25) is 5.02 Å². The molecule has 8 heteroatoms. The summed E-state index contributed by atoms with van der Waals surface area (Å²) in [6, 6.07) is 21.4. The summed E-state index contributed by atoms with van der Waals surface area (Å²) in [7, 11) is 0. The van der Waals surface area contributed by atoms with E-state index in [0.717, 1.165) is 6.42 Å². The number of esters is 1. The molecule has 3 rings (SSSR count). The summed E-state index contributed by atoms with van der Waals surface area (Å²) in [5.41, 5.74) is 2.42. The van der Waals surface area contributed by atoms with Crippen LogP contribution >= 0.6 is 11.6 Å². The fraction of sp³-hybridized carbons (Fsp3) is 0.222. The van der Waals surface area contributed by atoms with E-state index in [-0.39, 0.29) is 25.4 Å². The number of nitrogens with one attached hydrogen (secondary N) is 2. The van der Waals surface area contributed by atoms with Crippen LogP contribution in [0.25, 0.3) is 0 Å². The van der Waals surface area contributed by atoms with Gasteiger partial charge in [-0.25, -0.2) is 0 Å². The Balaban J connectivity index is 1.31. The molecule has 35 heavy (non-hydrogen) atoms. The van der Waals surface area contributed by atoms with Crippen molar-refractivity contribution in [3.8, 4) is 11.5 Å². The number of ether oxygens (including phenoxy) is 2. The zero-order valence-electron chi connectivity index (χ0n) is 19.4. The van der Waals surface area contributed by atoms with Gasteiger partial charge < -0.3 is 20.1 Å². The van der Waals surface area contributed by atoms with Crippen LogP contribution in [-0.2, 0) is 25.5 Å². The fourth-order valence-corrected chi connectivity index (χ4v) is 3.23. The molecule has 3 aromatic rings. The maximum absolute atomic E-state index is 12.1. The second kappa shape index (κ2) is 13.2. The minimum atomic E-state index is -0.530. The number of hydrogen-bond donors (Lipinski definition) is 2. The Hall–Kier alpha value is -3.84. The highest BCUT2D eigenvalue weighted by molar-refractivity contribution is 6.30. The van der Waals surface area contributed by atoms with Crippen LogP contribution < -0.4 is 15.4 Å². The topological polar surface area (TPSA) is 93.7 Å². The number of anilines is 2. The van der Waals surface area contributed by atoms with Crippen molar-refractivity contribution < 1.29 is 23.9 Å². The zero-order valence-corrected chi connectivity index (χ0v) is 20.1. The monoisotopic (exact) mass is 494 g/mol. The first-order chi connectivity index (χ1) is 16.9. The van der Waals surface area contributed by atoms with Gasteiger partial charge in [-0.05, 0) is 79.1 Å². The lowest BCUT2D eigenvalue weighted by Crippen LogP contribution is -2.21. The van der Waals surface area contributed by atoms with E-state index in [9.17, 15) is 14.4 Å². The molecule has 2 amide bonds. The first kappa shape index (κ1) is 25.8. The van der Waals surface area contributed by atoms with Crippen molar-refractivity contribution in [3.63, 3.8) is 0 Å². The lowest BCUT2D eigenvalue weighted by molar-refractivity contribution is -0.147. The molecule has 0 saturated carbocycles. The Bertz CT molecular complexity index is 1130. The van der Waals surface area contributed by atoms with Crippen LogP contribution in [0.4, 0.5) is 11.4 Å². The summed E-state index contributed by atoms with van der Waals surface area (Å²) in [4.78, 5) is 35.9. The average Bonchev–Trinajstić information content (AvgIpc) is 2.86. The van der Waals surface area contributed by atoms with E-state index in [2.05, 4.69) is 10.6 Å². The number of carbonyl (C=O) groups excluding carboxylic acids is 3. The first-order valence-corrected chi connectivity index (χ1v) is 11.7. The van der Waals surface area contributed by atoms with Crippen LogP contribution in [0, 0.1) is 0 Å². The summed E-state index contributed by atoms with van der Waals surface area (Å²) >= 11 is 5.86. The molecule has 0 aliphatic carbocycles. The van der Waals surface area contributed by atoms with E-state index in [1.54, 1.807) is 60.7 Å². The first-order valence-electron chi connectivity index (χ1n) is 11.3. The van der Waals surface area contributed by atoms with E-state index in [1.807, 2.05) is 19.1 Å². The van der Waals surface area contributed by atoms with Gasteiger partial charge in [-0.3, -0.25) is 14.4 Å². The van der Waals surface area contributed by atoms with Crippen molar-refractivity contribution in [3.05, 3.63) is 83.4 Å². The van der Waals surface area contributed by atoms with Crippen molar-refractivity contribution in [2.24, 2.45) is 0 Å². The second-order valence-corrected chi connectivity index (χ2v) is 8.18. The lowest BCUT2D eigenvalue weighted by Gasteiger charge is -2.09. The van der Waals surface area contributed by atoms with Gasteiger partial charge in [0.1, 0.15) is 11.5 Å². The van der Waals surface area contributed by atoms with E-state index < -0.39 is 11.9 Å². The van der Waals surface area contributed by atoms with Gasteiger partial charge in [0.05, 0.1) is 0 Å². The third-order valence-electron chi connectivity index (χ3n) is 4.98. The molecule has 0 atom stereocenters. The van der Waals surface area contributed by atoms with Gasteiger partial charge in [0.15, 0.2) is 6.61 Å². The fourth-order valence-electron chi connectivity index (χ4n) is 3.10. The number of benzene rings is 3. The quantitative estimate of drug-likeness (QED) is 0.319. The predicted molar refractivity (Wildman–Crippen MR) is 136 cm³/mol. The number of halogens is 1. The molecule has 182 valence electrons. The minimum Gasteiger partial charge on any atom is -0.457 e. The molecule has 0 aliphatic rings. The van der Waals surface area contributed by atoms with Crippen LogP contribution in [0.5, 0.6) is 11.5 Å². The predicted octanol–water partition coefficient (Wildman–Crippen LogP) is 5.99. The number of amides is 2. The summed E-state index contributed by atoms with van der Waals surface area (Å²) in [6.07, 6.45) is 1.41. The maximum atomic E-state index is 12.1. The Labute approximate surface area is 209 Å². The molecular formula is C27H27ClN2O5. The Morgan fingerprint density at radius 2 is 1.29 bits per heavy atom. The van der Waals surface area contributed by atoms with Gasteiger partial charge in [0, 0.05) is 29.2 Å². The maximum Gasteiger partial charge on any atom is 0.306 e. The zero-order chi connectivity index (χ0) is 25.0. The smallest absolute Gasteiger partial charge is 0.306 e. The highest BCUT2D eigenvalue weighted by Gasteiger charge is 2.10. The minimum absolute atomic E-state index is 0.0414. The number of rotatable bonds is 11. The van der Waals surface area contributed by atoms with Crippen LogP contribution in [0.1, 0.15) is 31.7 Å². The van der Waals surface area contributed by atoms with Gasteiger partial charge in [0.25, 0.3) is 5.91 Å². The average molecular weight is 495 g/mol. The SMILES string of the molecule is CCc1ccc(NC(=O)COC(=O)CCCC(=O)Nc2ccc(Oc3ccc(Cl)cc3)cc2)cc1. The molecule has 0 saturated heterocycles. The van der Waals surface area contributed by atoms with Crippen LogP contribution in [-0.4, -0.2) is 24.4 Å². The molecule has 0 spiro atoms. The van der Waals surface area contributed by atoms with Gasteiger partial charge >= 0.3 is 5.97 Å². The molecular weight excluding hydrogens is 468 g/mol. The lowest BCUT2D eigenvalue weighted by atomic mass is 10.1. The standard InChI is InChI=1S/C27H27ClN2O5/c1-2-19-6-10-21(11-7-19)30-26(32)18-34-27(33)5-3-4-25(31)29-22-12-16-24(17-13-22)35-23-14-8-20(28)9-15-23/h6-17H,2-5,18H2,1H3,(H,29,31)(H,30,32). The molecule has 0 unspecified atom stereocenters. The van der Waals surface area contributed by atoms with Crippen molar-refractivity contribution in [2.75, 3.05) is 17.2 Å². The summed E-state index contributed by atoms with van der Waals surface area (Å²) in [5.74, 6) is 0.107. The van der Waals surface area contributed by atoms with Gasteiger partial charge in [-0.2, -0.15) is 0 Å². The molecule has 0 heterocycles. The Kier molecular flexibility index (Phi) is 9.69. The number of hydrogen-bond acceptors (Lipinski definition) is 5. The molecule has 0 radical (unpaired) electrons. The largest absolute Gasteiger partial charge is 0.457 e. The van der Waals surface area contributed by atoms with Gasteiger partial charge in [0.2, 0.25) is 5.91 Å². The van der Waals surface area contributed by atoms with Crippen molar-refractivity contribution in [1.29, 1.82) is 0 Å². The summed E-state index contributed by atoms with van der Waals surface area (Å²) in [5, 5.41) is 6.07.